The Balaban J connectivity index is 1.57. The molecular weight excluding hydrogens is 653 g/mol. The van der Waals surface area contributed by atoms with Crippen LogP contribution < -0.4 is 20.9 Å². The lowest BCUT2D eigenvalue weighted by Gasteiger charge is -2.37. The number of nitrogens with two attached hydrogens (primary N) is 1. The van der Waals surface area contributed by atoms with Gasteiger partial charge in [-0.2, -0.15) is 4.98 Å². The number of methoxy groups -OCH3 is 3. The third-order valence-electron chi connectivity index (χ3n) is 7.43. The highest BCUT2D eigenvalue weighted by atomic mass is 127. The van der Waals surface area contributed by atoms with Crippen molar-refractivity contribution in [2.24, 2.45) is 0 Å². The summed E-state index contributed by atoms with van der Waals surface area (Å²) in [6.45, 7) is -0.0429. The third-order valence-corrected chi connectivity index (χ3v) is 8.26. The van der Waals surface area contributed by atoms with Crippen LogP contribution in [0.3, 0.4) is 0 Å². The van der Waals surface area contributed by atoms with Gasteiger partial charge in [-0.3, -0.25) is 4.57 Å². The fraction of sp³-hybridized carbons (Fsp3) is 0.290. The van der Waals surface area contributed by atoms with Gasteiger partial charge >= 0.3 is 5.69 Å². The molecule has 1 fully saturated rings. The van der Waals surface area contributed by atoms with Crippen molar-refractivity contribution in [2.75, 3.05) is 33.7 Å². The molecule has 1 saturated heterocycles. The van der Waals surface area contributed by atoms with Crippen LogP contribution in [-0.4, -0.2) is 60.9 Å². The van der Waals surface area contributed by atoms with E-state index in [1.807, 2.05) is 101 Å². The first-order chi connectivity index (χ1) is 20.3. The highest BCUT2D eigenvalue weighted by Gasteiger charge is 2.47. The number of benzene rings is 3. The van der Waals surface area contributed by atoms with Gasteiger partial charge in [-0.15, -0.1) is 0 Å². The molecular formula is C31H32IN3O7. The molecule has 11 heteroatoms. The van der Waals surface area contributed by atoms with Gasteiger partial charge in [0.2, 0.25) is 0 Å². The average Bonchev–Trinajstić information content (AvgIpc) is 3.34. The Kier molecular flexibility index (Phi) is 9.13. The molecule has 4 atom stereocenters. The van der Waals surface area contributed by atoms with Crippen LogP contribution in [0.25, 0.3) is 0 Å². The first kappa shape index (κ1) is 30.0. The molecule has 10 nitrogen and oxygen atoms in total. The Labute approximate surface area is 257 Å². The first-order valence-electron chi connectivity index (χ1n) is 13.2. The van der Waals surface area contributed by atoms with Crippen LogP contribution in [0.5, 0.6) is 11.5 Å². The summed E-state index contributed by atoms with van der Waals surface area (Å²) in [6, 6.07) is 25.1. The van der Waals surface area contributed by atoms with E-state index in [1.54, 1.807) is 20.4 Å². The Morgan fingerprint density at radius 2 is 1.48 bits per heavy atom. The van der Waals surface area contributed by atoms with E-state index in [9.17, 15) is 9.90 Å². The van der Waals surface area contributed by atoms with Gasteiger partial charge in [-0.25, -0.2) is 4.79 Å². The second-order valence-corrected chi connectivity index (χ2v) is 10.9. The van der Waals surface area contributed by atoms with Crippen LogP contribution >= 0.6 is 22.6 Å². The Hall–Kier alpha value is -3.49. The van der Waals surface area contributed by atoms with Crippen LogP contribution in [0.1, 0.15) is 22.9 Å². The topological polar surface area (TPSA) is 127 Å². The van der Waals surface area contributed by atoms with Crippen molar-refractivity contribution in [3.05, 3.63) is 116 Å². The fourth-order valence-electron chi connectivity index (χ4n) is 5.26. The highest BCUT2D eigenvalue weighted by Crippen LogP contribution is 2.43. The lowest BCUT2D eigenvalue weighted by atomic mass is 9.80. The summed E-state index contributed by atoms with van der Waals surface area (Å²) in [5.41, 5.74) is 6.63. The van der Waals surface area contributed by atoms with Crippen molar-refractivity contribution >= 4 is 28.4 Å². The van der Waals surface area contributed by atoms with Crippen molar-refractivity contribution in [3.63, 3.8) is 0 Å². The molecule has 0 spiro atoms. The average molecular weight is 686 g/mol. The maximum Gasteiger partial charge on any atom is 0.351 e. The number of aliphatic hydroxyl groups is 1. The van der Waals surface area contributed by atoms with E-state index in [0.717, 1.165) is 16.7 Å². The molecule has 0 bridgehead atoms. The summed E-state index contributed by atoms with van der Waals surface area (Å²) in [6.07, 6.45) is -2.21. The SMILES string of the molecule is COc1ccc(C(OC[C@H]2O[C@@H](n3cc(I)c(N)nc3=O)[C@H](OC)[C@H]2O)(c2ccccc2)c2ccc(OC)cc2)cc1. The molecule has 3 aromatic carbocycles. The predicted molar refractivity (Wildman–Crippen MR) is 165 cm³/mol. The lowest BCUT2D eigenvalue weighted by Crippen LogP contribution is -2.40. The molecule has 4 aromatic rings. The zero-order valence-electron chi connectivity index (χ0n) is 23.3. The van der Waals surface area contributed by atoms with Crippen LogP contribution in [0, 0.1) is 3.57 Å². The van der Waals surface area contributed by atoms with Crippen LogP contribution in [-0.2, 0) is 19.8 Å². The molecule has 0 aliphatic carbocycles. The summed E-state index contributed by atoms with van der Waals surface area (Å²) in [5.74, 6) is 1.52. The highest BCUT2D eigenvalue weighted by molar-refractivity contribution is 14.1. The normalized spacial score (nSPS) is 20.4. The number of ether oxygens (including phenoxy) is 5. The van der Waals surface area contributed by atoms with Crippen molar-refractivity contribution < 1.29 is 28.8 Å². The van der Waals surface area contributed by atoms with E-state index in [0.29, 0.717) is 15.1 Å². The lowest BCUT2D eigenvalue weighted by molar-refractivity contribution is -0.0967. The van der Waals surface area contributed by atoms with Gasteiger partial charge in [-0.05, 0) is 63.5 Å². The van der Waals surface area contributed by atoms with E-state index >= 15 is 0 Å². The number of nitrogens with zero attached hydrogens (tertiary/aromatic N) is 2. The fourth-order valence-corrected chi connectivity index (χ4v) is 5.68. The zero-order chi connectivity index (χ0) is 29.9. The molecule has 1 aliphatic rings. The number of hydrogen-bond acceptors (Lipinski definition) is 9. The van der Waals surface area contributed by atoms with Gasteiger partial charge in [0.1, 0.15) is 41.2 Å². The van der Waals surface area contributed by atoms with Gasteiger partial charge < -0.3 is 34.5 Å². The van der Waals surface area contributed by atoms with E-state index in [1.165, 1.54) is 11.7 Å². The maximum absolute atomic E-state index is 12.7. The molecule has 0 unspecified atom stereocenters. The zero-order valence-corrected chi connectivity index (χ0v) is 25.5. The van der Waals surface area contributed by atoms with Crippen molar-refractivity contribution in [1.82, 2.24) is 9.55 Å². The van der Waals surface area contributed by atoms with Crippen molar-refractivity contribution in [3.8, 4) is 11.5 Å². The minimum atomic E-state index is -1.11. The number of hydrogen-bond donors (Lipinski definition) is 2. The second-order valence-electron chi connectivity index (χ2n) is 9.74. The first-order valence-corrected chi connectivity index (χ1v) is 14.3. The summed E-state index contributed by atoms with van der Waals surface area (Å²) < 4.78 is 31.4. The van der Waals surface area contributed by atoms with E-state index in [-0.39, 0.29) is 12.4 Å². The Morgan fingerprint density at radius 3 is 2.00 bits per heavy atom. The molecule has 1 aromatic heterocycles. The Morgan fingerprint density at radius 1 is 0.929 bits per heavy atom. The van der Waals surface area contributed by atoms with Crippen LogP contribution in [0.2, 0.25) is 0 Å². The molecule has 42 heavy (non-hydrogen) atoms. The van der Waals surface area contributed by atoms with Gasteiger partial charge in [0.05, 0.1) is 24.4 Å². The van der Waals surface area contributed by atoms with E-state index < -0.39 is 35.8 Å². The predicted octanol–water partition coefficient (Wildman–Crippen LogP) is 3.73. The molecule has 0 radical (unpaired) electrons. The molecule has 5 rings (SSSR count). The van der Waals surface area contributed by atoms with Gasteiger partial charge in [0.25, 0.3) is 0 Å². The quantitative estimate of drug-likeness (QED) is 0.190. The summed E-state index contributed by atoms with van der Waals surface area (Å²) in [5, 5.41) is 11.3. The number of halogens is 1. The number of aliphatic hydroxyl groups excluding tert-OH is 1. The number of aromatic nitrogens is 2. The molecule has 0 amide bonds. The monoisotopic (exact) mass is 685 g/mol. The van der Waals surface area contributed by atoms with Crippen molar-refractivity contribution in [2.45, 2.75) is 30.1 Å². The molecule has 1 aliphatic heterocycles. The summed E-state index contributed by atoms with van der Waals surface area (Å²) in [4.78, 5) is 16.6. The van der Waals surface area contributed by atoms with Gasteiger partial charge in [0.15, 0.2) is 6.23 Å². The summed E-state index contributed by atoms with van der Waals surface area (Å²) in [7, 11) is 4.69. The summed E-state index contributed by atoms with van der Waals surface area (Å²) >= 11 is 1.99. The second kappa shape index (κ2) is 12.8. The minimum absolute atomic E-state index is 0.0429. The van der Waals surface area contributed by atoms with E-state index in [4.69, 9.17) is 29.4 Å². The van der Waals surface area contributed by atoms with Gasteiger partial charge in [-0.1, -0.05) is 54.6 Å². The largest absolute Gasteiger partial charge is 0.497 e. The van der Waals surface area contributed by atoms with Crippen molar-refractivity contribution in [1.29, 1.82) is 0 Å². The third kappa shape index (κ3) is 5.62. The Bertz CT molecular complexity index is 1500. The molecule has 2 heterocycles. The van der Waals surface area contributed by atoms with E-state index in [2.05, 4.69) is 4.98 Å². The molecule has 220 valence electrons. The molecule has 0 saturated carbocycles. The van der Waals surface area contributed by atoms with Crippen LogP contribution in [0.4, 0.5) is 5.82 Å². The van der Waals surface area contributed by atoms with Gasteiger partial charge in [0, 0.05) is 13.3 Å². The minimum Gasteiger partial charge on any atom is -0.497 e. The molecule has 3 N–H and O–H groups in total. The number of rotatable bonds is 10. The maximum atomic E-state index is 12.7. The standard InChI is InChI=1S/C31H32IN3O7/c1-38-22-13-9-20(10-14-22)31(19-7-5-4-6-8-19,21-11-15-23(39-2)16-12-21)41-18-25-26(36)27(40-3)29(42-25)35-17-24(32)28(33)34-30(35)37/h4-17,25-27,29,36H,18H2,1-3H3,(H2,33,34,37)/t25-,26+,27-,29-/m1/s1. The van der Waals surface area contributed by atoms with Crippen LogP contribution in [0.15, 0.2) is 89.9 Å². The number of nitrogen functional groups attached to an aromatic ring is 1. The number of anilines is 1. The smallest absolute Gasteiger partial charge is 0.351 e.